The van der Waals surface area contributed by atoms with E-state index in [2.05, 4.69) is 9.97 Å². The van der Waals surface area contributed by atoms with Crippen molar-refractivity contribution in [2.45, 2.75) is 38.5 Å². The Bertz CT molecular complexity index is 1200. The third-order valence-corrected chi connectivity index (χ3v) is 4.90. The molecule has 1 N–H and O–H groups in total. The molecule has 12 nitrogen and oxygen atoms in total. The van der Waals surface area contributed by atoms with Gasteiger partial charge >= 0.3 is 23.4 Å². The topological polar surface area (TPSA) is 183 Å². The molecule has 0 fully saturated rings. The monoisotopic (exact) mass is 464 g/mol. The van der Waals surface area contributed by atoms with Gasteiger partial charge in [-0.15, -0.1) is 0 Å². The number of aromatic nitrogens is 2. The molecule has 2 aromatic rings. The maximum absolute atomic E-state index is 12.1. The lowest BCUT2D eigenvalue weighted by molar-refractivity contribution is -0.387. The van der Waals surface area contributed by atoms with Crippen molar-refractivity contribution in [2.75, 3.05) is 6.26 Å². The lowest BCUT2D eigenvalue weighted by Crippen LogP contribution is -2.29. The minimum absolute atomic E-state index is 0.00761. The largest absolute Gasteiger partial charge is 0.479 e. The number of aryl methyl sites for hydroxylation is 1. The van der Waals surface area contributed by atoms with Gasteiger partial charge in [0.1, 0.15) is 5.75 Å². The minimum atomic E-state index is -4.09. The van der Waals surface area contributed by atoms with E-state index in [9.17, 15) is 28.4 Å². The number of aliphatic carboxylic acids is 1. The number of nitriles is 1. The van der Waals surface area contributed by atoms with Crippen LogP contribution in [0.5, 0.6) is 17.5 Å². The van der Waals surface area contributed by atoms with E-state index >= 15 is 0 Å². The van der Waals surface area contributed by atoms with Gasteiger partial charge in [-0.05, 0) is 37.0 Å². The maximum atomic E-state index is 12.1. The third-order valence-electron chi connectivity index (χ3n) is 4.05. The molecule has 0 radical (unpaired) electrons. The van der Waals surface area contributed by atoms with Crippen LogP contribution in [0.1, 0.15) is 31.4 Å². The summed E-state index contributed by atoms with van der Waals surface area (Å²) in [7, 11) is -4.09. The van der Waals surface area contributed by atoms with Crippen LogP contribution in [0.3, 0.4) is 0 Å². The van der Waals surface area contributed by atoms with Crippen LogP contribution in [0.2, 0.25) is 0 Å². The van der Waals surface area contributed by atoms with Crippen LogP contribution >= 0.6 is 0 Å². The molecule has 170 valence electrons. The summed E-state index contributed by atoms with van der Waals surface area (Å²) >= 11 is 0. The van der Waals surface area contributed by atoms with Crippen LogP contribution in [0.15, 0.2) is 23.4 Å². The molecule has 2 rings (SSSR count). The fourth-order valence-corrected chi connectivity index (χ4v) is 3.01. The summed E-state index contributed by atoms with van der Waals surface area (Å²) < 4.78 is 34.9. The Morgan fingerprint density at radius 3 is 2.44 bits per heavy atom. The van der Waals surface area contributed by atoms with Crippen LogP contribution in [0.25, 0.3) is 0 Å². The number of hydrogen-bond donors (Lipinski definition) is 1. The zero-order chi connectivity index (χ0) is 24.2. The highest BCUT2D eigenvalue weighted by molar-refractivity contribution is 7.90. The van der Waals surface area contributed by atoms with Gasteiger partial charge in [0.2, 0.25) is 9.84 Å². The number of ether oxygens (including phenoxy) is 2. The lowest BCUT2D eigenvalue weighted by atomic mass is 10.1. The van der Waals surface area contributed by atoms with Crippen molar-refractivity contribution in [1.29, 1.82) is 5.26 Å². The Morgan fingerprint density at radius 2 is 1.94 bits per heavy atom. The molecule has 0 amide bonds. The van der Waals surface area contributed by atoms with Crippen LogP contribution in [0, 0.1) is 34.3 Å². The standard InChI is InChI=1S/C19H20N4O8S/c1-10(2)7-14(18(24)25)31-17-15(23(26)27)16(21-19(22-17)32(4,28)29)30-13-8-12(9-20)6-5-11(13)3/h5-6,8,10,14H,7H2,1-4H3,(H,24,25). The number of carboxylic acid groups (broad SMARTS) is 1. The van der Waals surface area contributed by atoms with Gasteiger partial charge in [0, 0.05) is 6.26 Å². The number of sulfone groups is 1. The Morgan fingerprint density at radius 1 is 1.31 bits per heavy atom. The summed E-state index contributed by atoms with van der Waals surface area (Å²) in [6.07, 6.45) is -0.788. The zero-order valence-electron chi connectivity index (χ0n) is 17.6. The van der Waals surface area contributed by atoms with Crippen molar-refractivity contribution in [1.82, 2.24) is 9.97 Å². The Hall–Kier alpha value is -3.79. The van der Waals surface area contributed by atoms with E-state index in [4.69, 9.17) is 14.7 Å². The number of benzene rings is 1. The molecule has 0 spiro atoms. The first-order valence-electron chi connectivity index (χ1n) is 9.18. The van der Waals surface area contributed by atoms with Gasteiger partial charge in [0.05, 0.1) is 16.6 Å². The van der Waals surface area contributed by atoms with Crippen LogP contribution < -0.4 is 9.47 Å². The molecule has 1 heterocycles. The normalized spacial score (nSPS) is 12.1. The Balaban J connectivity index is 2.73. The highest BCUT2D eigenvalue weighted by Gasteiger charge is 2.34. The fourth-order valence-electron chi connectivity index (χ4n) is 2.52. The van der Waals surface area contributed by atoms with Gasteiger partial charge in [-0.2, -0.15) is 15.2 Å². The summed E-state index contributed by atoms with van der Waals surface area (Å²) in [5.74, 6) is -3.19. The predicted molar refractivity (Wildman–Crippen MR) is 109 cm³/mol. The van der Waals surface area contributed by atoms with Crippen molar-refractivity contribution in [3.05, 3.63) is 39.4 Å². The summed E-state index contributed by atoms with van der Waals surface area (Å²) in [4.78, 5) is 29.7. The third kappa shape index (κ3) is 5.88. The van der Waals surface area contributed by atoms with Crippen molar-refractivity contribution in [3.63, 3.8) is 0 Å². The summed E-state index contributed by atoms with van der Waals surface area (Å²) in [6.45, 7) is 5.03. The first-order valence-corrected chi connectivity index (χ1v) is 11.1. The van der Waals surface area contributed by atoms with Gasteiger partial charge in [-0.25, -0.2) is 13.2 Å². The molecule has 1 unspecified atom stereocenters. The lowest BCUT2D eigenvalue weighted by Gasteiger charge is -2.17. The smallest absolute Gasteiger partial charge is 0.392 e. The van der Waals surface area contributed by atoms with Gasteiger partial charge in [0.15, 0.2) is 6.10 Å². The molecule has 32 heavy (non-hydrogen) atoms. The second-order valence-corrected chi connectivity index (χ2v) is 9.17. The van der Waals surface area contributed by atoms with E-state index in [0.29, 0.717) is 5.56 Å². The Labute approximate surface area is 183 Å². The first kappa shape index (κ1) is 24.5. The van der Waals surface area contributed by atoms with Crippen LogP contribution in [0.4, 0.5) is 5.69 Å². The highest BCUT2D eigenvalue weighted by atomic mass is 32.2. The highest BCUT2D eigenvalue weighted by Crippen LogP contribution is 2.39. The summed E-state index contributed by atoms with van der Waals surface area (Å²) in [5.41, 5.74) is -0.289. The van der Waals surface area contributed by atoms with E-state index in [1.165, 1.54) is 18.2 Å². The molecule has 0 bridgehead atoms. The number of nitrogens with zero attached hydrogens (tertiary/aromatic N) is 4. The molecule has 1 atom stereocenters. The first-order chi connectivity index (χ1) is 14.8. The molecule has 0 saturated carbocycles. The summed E-state index contributed by atoms with van der Waals surface area (Å²) in [6, 6.07) is 6.20. The Kier molecular flexibility index (Phi) is 7.32. The quantitative estimate of drug-likeness (QED) is 0.327. The van der Waals surface area contributed by atoms with Gasteiger partial charge in [-0.3, -0.25) is 10.1 Å². The molecule has 0 aliphatic carbocycles. The van der Waals surface area contributed by atoms with Crippen molar-refractivity contribution < 1.29 is 32.7 Å². The second-order valence-electron chi connectivity index (χ2n) is 7.26. The molecule has 0 aliphatic heterocycles. The molecule has 1 aromatic heterocycles. The van der Waals surface area contributed by atoms with E-state index in [1.54, 1.807) is 20.8 Å². The minimum Gasteiger partial charge on any atom is -0.479 e. The number of carbonyl (C=O) groups is 1. The molecule has 0 aliphatic rings. The van der Waals surface area contributed by atoms with Gasteiger partial charge in [0.25, 0.3) is 5.16 Å². The number of rotatable bonds is 9. The van der Waals surface area contributed by atoms with Crippen LogP contribution in [-0.2, 0) is 14.6 Å². The van der Waals surface area contributed by atoms with Crippen LogP contribution in [-0.4, -0.2) is 46.7 Å². The maximum Gasteiger partial charge on any atom is 0.392 e. The number of carboxylic acids is 1. The molecule has 0 saturated heterocycles. The van der Waals surface area contributed by atoms with E-state index in [1.807, 2.05) is 6.07 Å². The number of hydrogen-bond acceptors (Lipinski definition) is 10. The summed E-state index contributed by atoms with van der Waals surface area (Å²) in [5, 5.41) is 29.4. The predicted octanol–water partition coefficient (Wildman–Crippen LogP) is 2.64. The van der Waals surface area contributed by atoms with Crippen molar-refractivity contribution in [3.8, 4) is 23.6 Å². The van der Waals surface area contributed by atoms with Crippen molar-refractivity contribution in [2.24, 2.45) is 5.92 Å². The molecular formula is C19H20N4O8S. The second kappa shape index (κ2) is 9.56. The average Bonchev–Trinajstić information content (AvgIpc) is 2.67. The zero-order valence-corrected chi connectivity index (χ0v) is 18.4. The number of nitro groups is 1. The van der Waals surface area contributed by atoms with Gasteiger partial charge in [-0.1, -0.05) is 19.9 Å². The average molecular weight is 464 g/mol. The molecule has 13 heteroatoms. The van der Waals surface area contributed by atoms with E-state index in [-0.39, 0.29) is 23.7 Å². The SMILES string of the molecule is Cc1ccc(C#N)cc1Oc1nc(S(C)(=O)=O)nc(OC(CC(C)C)C(=O)O)c1[N+](=O)[O-]. The molecule has 1 aromatic carbocycles. The fraction of sp³-hybridized carbons (Fsp3) is 0.368. The van der Waals surface area contributed by atoms with Crippen molar-refractivity contribution >= 4 is 21.5 Å². The van der Waals surface area contributed by atoms with E-state index < -0.39 is 49.4 Å². The van der Waals surface area contributed by atoms with E-state index in [0.717, 1.165) is 6.26 Å². The van der Waals surface area contributed by atoms with Gasteiger partial charge < -0.3 is 14.6 Å². The molecular weight excluding hydrogens is 444 g/mol.